The van der Waals surface area contributed by atoms with Crippen LogP contribution in [0.15, 0.2) is 17.5 Å². The van der Waals surface area contributed by atoms with E-state index >= 15 is 0 Å². The van der Waals surface area contributed by atoms with E-state index in [1.165, 1.54) is 4.88 Å². The minimum atomic E-state index is 0.204. The molecule has 0 aliphatic carbocycles. The van der Waals surface area contributed by atoms with Crippen molar-refractivity contribution in [2.24, 2.45) is 5.73 Å². The van der Waals surface area contributed by atoms with Crippen molar-refractivity contribution >= 4 is 11.3 Å². The molecule has 0 saturated carbocycles. The topological polar surface area (TPSA) is 35.2 Å². The van der Waals surface area contributed by atoms with Gasteiger partial charge in [0, 0.05) is 17.5 Å². The summed E-state index contributed by atoms with van der Waals surface area (Å²) in [4.78, 5) is 1.45. The fraction of sp³-hybridized carbons (Fsp3) is 0.636. The summed E-state index contributed by atoms with van der Waals surface area (Å²) in [7, 11) is 0. The van der Waals surface area contributed by atoms with E-state index in [1.54, 1.807) is 0 Å². The zero-order valence-electron chi connectivity index (χ0n) is 8.74. The van der Waals surface area contributed by atoms with Crippen LogP contribution in [0, 0.1) is 0 Å². The molecule has 0 aliphatic rings. The van der Waals surface area contributed by atoms with Crippen molar-refractivity contribution in [1.29, 1.82) is 0 Å². The number of nitrogens with two attached hydrogens (primary N) is 1. The molecule has 0 radical (unpaired) electrons. The van der Waals surface area contributed by atoms with E-state index in [0.717, 1.165) is 25.9 Å². The van der Waals surface area contributed by atoms with Crippen molar-refractivity contribution in [1.82, 2.24) is 0 Å². The molecule has 0 bridgehead atoms. The van der Waals surface area contributed by atoms with Crippen molar-refractivity contribution in [2.75, 3.05) is 13.2 Å². The maximum absolute atomic E-state index is 5.88. The highest BCUT2D eigenvalue weighted by Crippen LogP contribution is 2.12. The molecule has 80 valence electrons. The second-order valence-corrected chi connectivity index (χ2v) is 4.42. The van der Waals surface area contributed by atoms with Gasteiger partial charge < -0.3 is 10.5 Å². The summed E-state index contributed by atoms with van der Waals surface area (Å²) in [5.74, 6) is 0. The van der Waals surface area contributed by atoms with Gasteiger partial charge in [-0.15, -0.1) is 11.3 Å². The molecule has 14 heavy (non-hydrogen) atoms. The molecule has 0 aromatic carbocycles. The summed E-state index contributed by atoms with van der Waals surface area (Å²) < 4.78 is 5.26. The summed E-state index contributed by atoms with van der Waals surface area (Å²) in [6.07, 6.45) is 3.37. The van der Waals surface area contributed by atoms with Gasteiger partial charge >= 0.3 is 0 Å². The largest absolute Gasteiger partial charge is 0.380 e. The van der Waals surface area contributed by atoms with Crippen molar-refractivity contribution < 1.29 is 4.74 Å². The molecular weight excluding hydrogens is 194 g/mol. The van der Waals surface area contributed by atoms with Crippen molar-refractivity contribution in [3.05, 3.63) is 22.4 Å². The molecular formula is C11H19NOS. The van der Waals surface area contributed by atoms with E-state index < -0.39 is 0 Å². The first-order chi connectivity index (χ1) is 6.83. The third kappa shape index (κ3) is 4.74. The minimum absolute atomic E-state index is 0.204. The monoisotopic (exact) mass is 213 g/mol. The summed E-state index contributed by atoms with van der Waals surface area (Å²) in [6.45, 7) is 3.46. The number of ether oxygens (including phenoxy) is 1. The van der Waals surface area contributed by atoms with Gasteiger partial charge in [0.15, 0.2) is 0 Å². The van der Waals surface area contributed by atoms with Gasteiger partial charge in [-0.3, -0.25) is 0 Å². The summed E-state index contributed by atoms with van der Waals surface area (Å²) in [5.41, 5.74) is 5.88. The van der Waals surface area contributed by atoms with Crippen LogP contribution in [0.5, 0.6) is 0 Å². The van der Waals surface area contributed by atoms with Gasteiger partial charge in [-0.05, 0) is 37.6 Å². The van der Waals surface area contributed by atoms with Crippen LogP contribution in [0.2, 0.25) is 0 Å². The molecule has 0 aliphatic heterocycles. The highest BCUT2D eigenvalue weighted by molar-refractivity contribution is 7.09. The number of thiophene rings is 1. The molecule has 0 fully saturated rings. The van der Waals surface area contributed by atoms with Crippen LogP contribution in [-0.4, -0.2) is 19.3 Å². The van der Waals surface area contributed by atoms with Crippen LogP contribution >= 0.6 is 11.3 Å². The Morgan fingerprint density at radius 1 is 1.57 bits per heavy atom. The van der Waals surface area contributed by atoms with Gasteiger partial charge in [-0.25, -0.2) is 0 Å². The number of aryl methyl sites for hydroxylation is 1. The highest BCUT2D eigenvalue weighted by Gasteiger charge is 2.02. The minimum Gasteiger partial charge on any atom is -0.380 e. The number of hydrogen-bond acceptors (Lipinski definition) is 3. The lowest BCUT2D eigenvalue weighted by Gasteiger charge is -2.10. The zero-order chi connectivity index (χ0) is 10.2. The molecule has 0 saturated heterocycles. The van der Waals surface area contributed by atoms with Gasteiger partial charge in [-0.2, -0.15) is 0 Å². The predicted molar refractivity (Wildman–Crippen MR) is 61.7 cm³/mol. The maximum atomic E-state index is 5.88. The van der Waals surface area contributed by atoms with Crippen LogP contribution in [0.3, 0.4) is 0 Å². The molecule has 1 heterocycles. The Morgan fingerprint density at radius 3 is 3.07 bits per heavy atom. The van der Waals surface area contributed by atoms with Gasteiger partial charge in [0.05, 0.1) is 6.61 Å². The van der Waals surface area contributed by atoms with Crippen LogP contribution in [0.25, 0.3) is 0 Å². The van der Waals surface area contributed by atoms with Crippen molar-refractivity contribution in [3.8, 4) is 0 Å². The number of rotatable bonds is 7. The van der Waals surface area contributed by atoms with E-state index in [9.17, 15) is 0 Å². The maximum Gasteiger partial charge on any atom is 0.0617 e. The second kappa shape index (κ2) is 6.98. The van der Waals surface area contributed by atoms with Crippen molar-refractivity contribution in [3.63, 3.8) is 0 Å². The third-order valence-electron chi connectivity index (χ3n) is 2.11. The molecule has 0 spiro atoms. The number of hydrogen-bond donors (Lipinski definition) is 1. The molecule has 1 atom stereocenters. The Morgan fingerprint density at radius 2 is 2.43 bits per heavy atom. The molecule has 0 amide bonds. The fourth-order valence-electron chi connectivity index (χ4n) is 1.35. The lowest BCUT2D eigenvalue weighted by Crippen LogP contribution is -2.26. The second-order valence-electron chi connectivity index (χ2n) is 3.39. The molecule has 1 aromatic heterocycles. The standard InChI is InChI=1S/C11H19NOS/c1-2-13-9-10(12)5-3-6-11-7-4-8-14-11/h4,7-8,10H,2-3,5-6,9,12H2,1H3. The Kier molecular flexibility index (Phi) is 5.83. The van der Waals surface area contributed by atoms with Crippen LogP contribution in [0.1, 0.15) is 24.6 Å². The molecule has 1 unspecified atom stereocenters. The van der Waals surface area contributed by atoms with E-state index in [2.05, 4.69) is 17.5 Å². The third-order valence-corrected chi connectivity index (χ3v) is 3.05. The zero-order valence-corrected chi connectivity index (χ0v) is 9.56. The highest BCUT2D eigenvalue weighted by atomic mass is 32.1. The average Bonchev–Trinajstić information content (AvgIpc) is 2.67. The van der Waals surface area contributed by atoms with Crippen LogP contribution in [-0.2, 0) is 11.2 Å². The Balaban J connectivity index is 2.03. The van der Waals surface area contributed by atoms with E-state index in [0.29, 0.717) is 6.61 Å². The lowest BCUT2D eigenvalue weighted by molar-refractivity contribution is 0.130. The van der Waals surface area contributed by atoms with Gasteiger partial charge in [0.1, 0.15) is 0 Å². The van der Waals surface area contributed by atoms with E-state index in [-0.39, 0.29) is 6.04 Å². The summed E-state index contributed by atoms with van der Waals surface area (Å²) in [6, 6.07) is 4.48. The van der Waals surface area contributed by atoms with Crippen LogP contribution in [0.4, 0.5) is 0 Å². The normalized spacial score (nSPS) is 13.0. The van der Waals surface area contributed by atoms with Crippen molar-refractivity contribution in [2.45, 2.75) is 32.2 Å². The first-order valence-electron chi connectivity index (χ1n) is 5.18. The lowest BCUT2D eigenvalue weighted by atomic mass is 10.1. The quantitative estimate of drug-likeness (QED) is 0.755. The van der Waals surface area contributed by atoms with Crippen LogP contribution < -0.4 is 5.73 Å². The average molecular weight is 213 g/mol. The van der Waals surface area contributed by atoms with Gasteiger partial charge in [-0.1, -0.05) is 6.07 Å². The van der Waals surface area contributed by atoms with Gasteiger partial charge in [0.2, 0.25) is 0 Å². The Bertz CT molecular complexity index is 223. The summed E-state index contributed by atoms with van der Waals surface area (Å²) >= 11 is 1.82. The Labute approximate surface area is 90.1 Å². The van der Waals surface area contributed by atoms with E-state index in [4.69, 9.17) is 10.5 Å². The van der Waals surface area contributed by atoms with Gasteiger partial charge in [0.25, 0.3) is 0 Å². The molecule has 1 rings (SSSR count). The fourth-order valence-corrected chi connectivity index (χ4v) is 2.10. The molecule has 1 aromatic rings. The SMILES string of the molecule is CCOCC(N)CCCc1cccs1. The smallest absolute Gasteiger partial charge is 0.0617 e. The summed E-state index contributed by atoms with van der Waals surface area (Å²) in [5, 5.41) is 2.12. The predicted octanol–water partition coefficient (Wildman–Crippen LogP) is 2.43. The molecule has 2 nitrogen and oxygen atoms in total. The first-order valence-corrected chi connectivity index (χ1v) is 6.06. The Hall–Kier alpha value is -0.380. The molecule has 3 heteroatoms. The van der Waals surface area contributed by atoms with E-state index in [1.807, 2.05) is 18.3 Å². The molecule has 2 N–H and O–H groups in total. The first kappa shape index (κ1) is 11.7.